The molecule has 0 saturated carbocycles. The first kappa shape index (κ1) is 14.8. The van der Waals surface area contributed by atoms with E-state index in [-0.39, 0.29) is 12.6 Å². The topological polar surface area (TPSA) is 73.7 Å². The van der Waals surface area contributed by atoms with Crippen molar-refractivity contribution in [1.29, 1.82) is 0 Å². The van der Waals surface area contributed by atoms with Crippen LogP contribution >= 0.6 is 11.3 Å². The molecule has 2 rings (SSSR count). The van der Waals surface area contributed by atoms with Crippen LogP contribution in [0.3, 0.4) is 0 Å². The van der Waals surface area contributed by atoms with E-state index in [1.165, 1.54) is 0 Å². The van der Waals surface area contributed by atoms with E-state index in [9.17, 15) is 14.7 Å². The minimum atomic E-state index is -0.842. The van der Waals surface area contributed by atoms with Gasteiger partial charge < -0.3 is 14.9 Å². The second-order valence-corrected chi connectivity index (χ2v) is 6.60. The van der Waals surface area contributed by atoms with Gasteiger partial charge in [0, 0.05) is 25.5 Å². The van der Waals surface area contributed by atoms with E-state index in [4.69, 9.17) is 0 Å². The van der Waals surface area contributed by atoms with Crippen molar-refractivity contribution < 1.29 is 14.7 Å². The molecule has 0 spiro atoms. The fraction of sp³-hybridized carbons (Fsp3) is 0.615. The van der Waals surface area contributed by atoms with Crippen LogP contribution in [0.25, 0.3) is 0 Å². The molecule has 0 bridgehead atoms. The zero-order chi connectivity index (χ0) is 14.9. The Morgan fingerprint density at radius 1 is 1.60 bits per heavy atom. The Morgan fingerprint density at radius 2 is 2.30 bits per heavy atom. The zero-order valence-electron chi connectivity index (χ0n) is 11.9. The number of rotatable bonds is 3. The van der Waals surface area contributed by atoms with Gasteiger partial charge in [0.15, 0.2) is 0 Å². The quantitative estimate of drug-likeness (QED) is 0.923. The van der Waals surface area contributed by atoms with Crippen LogP contribution in [0.2, 0.25) is 0 Å². The summed E-state index contributed by atoms with van der Waals surface area (Å²) >= 11 is 1.55. The maximum absolute atomic E-state index is 12.3. The fourth-order valence-electron chi connectivity index (χ4n) is 2.33. The van der Waals surface area contributed by atoms with E-state index in [1.807, 2.05) is 12.3 Å². The Labute approximate surface area is 122 Å². The zero-order valence-corrected chi connectivity index (χ0v) is 12.7. The normalized spacial score (nSPS) is 22.1. The van der Waals surface area contributed by atoms with Crippen molar-refractivity contribution in [3.63, 3.8) is 0 Å². The monoisotopic (exact) mass is 297 g/mol. The van der Waals surface area contributed by atoms with Gasteiger partial charge in [-0.15, -0.1) is 11.3 Å². The maximum atomic E-state index is 12.3. The molecule has 6 nitrogen and oxygen atoms in total. The molecule has 0 radical (unpaired) electrons. The van der Waals surface area contributed by atoms with Gasteiger partial charge in [0.05, 0.1) is 22.7 Å². The average molecular weight is 297 g/mol. The molecule has 1 aromatic rings. The summed E-state index contributed by atoms with van der Waals surface area (Å²) in [5, 5.41) is 12.1. The molecule has 2 amide bonds. The van der Waals surface area contributed by atoms with E-state index in [0.29, 0.717) is 19.5 Å². The molecule has 1 aliphatic rings. The summed E-state index contributed by atoms with van der Waals surface area (Å²) < 4.78 is 0. The number of aliphatic carboxylic acids is 1. The standard InChI is InChI=1S/C13H19N3O3S/c1-9-14-10(7-20-9)6-15(3)12(19)16-5-4-13(2,8-16)11(17)18/h7H,4-6,8H2,1-3H3,(H,17,18). The number of thiazole rings is 1. The minimum absolute atomic E-state index is 0.138. The molecule has 2 heterocycles. The van der Waals surface area contributed by atoms with Crippen molar-refractivity contribution in [1.82, 2.24) is 14.8 Å². The number of carbonyl (C=O) groups is 2. The van der Waals surface area contributed by atoms with Gasteiger partial charge in [-0.05, 0) is 20.3 Å². The third kappa shape index (κ3) is 2.92. The molecule has 7 heteroatoms. The molecule has 1 unspecified atom stereocenters. The summed E-state index contributed by atoms with van der Waals surface area (Å²) in [6, 6.07) is -0.138. The number of hydrogen-bond acceptors (Lipinski definition) is 4. The molecule has 1 saturated heterocycles. The molecule has 0 aliphatic carbocycles. The Bertz CT molecular complexity index is 531. The highest BCUT2D eigenvalue weighted by molar-refractivity contribution is 7.09. The minimum Gasteiger partial charge on any atom is -0.481 e. The maximum Gasteiger partial charge on any atom is 0.320 e. The molecule has 110 valence electrons. The van der Waals surface area contributed by atoms with Crippen LogP contribution in [0.5, 0.6) is 0 Å². The van der Waals surface area contributed by atoms with Crippen LogP contribution in [0.1, 0.15) is 24.0 Å². The van der Waals surface area contributed by atoms with Crippen LogP contribution in [0, 0.1) is 12.3 Å². The number of carboxylic acid groups (broad SMARTS) is 1. The summed E-state index contributed by atoms with van der Waals surface area (Å²) in [7, 11) is 1.72. The number of hydrogen-bond donors (Lipinski definition) is 1. The highest BCUT2D eigenvalue weighted by Gasteiger charge is 2.42. The largest absolute Gasteiger partial charge is 0.481 e. The van der Waals surface area contributed by atoms with Gasteiger partial charge in [0.25, 0.3) is 0 Å². The number of amides is 2. The number of likely N-dealkylation sites (tertiary alicyclic amines) is 1. The third-order valence-corrected chi connectivity index (χ3v) is 4.47. The van der Waals surface area contributed by atoms with Crippen molar-refractivity contribution in [2.24, 2.45) is 5.41 Å². The number of nitrogens with zero attached hydrogens (tertiary/aromatic N) is 3. The van der Waals surface area contributed by atoms with Crippen molar-refractivity contribution >= 4 is 23.3 Å². The van der Waals surface area contributed by atoms with Gasteiger partial charge in [-0.25, -0.2) is 9.78 Å². The van der Waals surface area contributed by atoms with E-state index in [1.54, 1.807) is 35.1 Å². The molecular formula is C13H19N3O3S. The van der Waals surface area contributed by atoms with Gasteiger partial charge in [0.2, 0.25) is 0 Å². The van der Waals surface area contributed by atoms with E-state index < -0.39 is 11.4 Å². The van der Waals surface area contributed by atoms with Crippen molar-refractivity contribution in [2.75, 3.05) is 20.1 Å². The van der Waals surface area contributed by atoms with E-state index in [2.05, 4.69) is 4.98 Å². The number of aromatic nitrogens is 1. The lowest BCUT2D eigenvalue weighted by molar-refractivity contribution is -0.147. The lowest BCUT2D eigenvalue weighted by atomic mass is 9.90. The highest BCUT2D eigenvalue weighted by atomic mass is 32.1. The SMILES string of the molecule is Cc1nc(CN(C)C(=O)N2CCC(C)(C(=O)O)C2)cs1. The van der Waals surface area contributed by atoms with E-state index in [0.717, 1.165) is 10.7 Å². The fourth-order valence-corrected chi connectivity index (χ4v) is 2.94. The number of carbonyl (C=O) groups excluding carboxylic acids is 1. The van der Waals surface area contributed by atoms with Crippen molar-refractivity contribution in [3.05, 3.63) is 16.1 Å². The Balaban J connectivity index is 1.96. The molecule has 1 atom stereocenters. The predicted molar refractivity (Wildman–Crippen MR) is 75.6 cm³/mol. The van der Waals surface area contributed by atoms with Crippen LogP contribution in [0.4, 0.5) is 4.79 Å². The molecular weight excluding hydrogens is 278 g/mol. The Hall–Kier alpha value is -1.63. The highest BCUT2D eigenvalue weighted by Crippen LogP contribution is 2.30. The van der Waals surface area contributed by atoms with Gasteiger partial charge in [-0.2, -0.15) is 0 Å². The Kier molecular flexibility index (Phi) is 3.99. The summed E-state index contributed by atoms with van der Waals surface area (Å²) in [5.74, 6) is -0.842. The predicted octanol–water partition coefficient (Wildman–Crippen LogP) is 1.80. The molecule has 1 N–H and O–H groups in total. The lowest BCUT2D eigenvalue weighted by Gasteiger charge is -2.25. The van der Waals surface area contributed by atoms with Crippen molar-refractivity contribution in [3.8, 4) is 0 Å². The molecule has 1 fully saturated rings. The second kappa shape index (κ2) is 5.40. The van der Waals surface area contributed by atoms with Crippen molar-refractivity contribution in [2.45, 2.75) is 26.8 Å². The first-order valence-corrected chi connectivity index (χ1v) is 7.34. The number of carboxylic acids is 1. The number of aryl methyl sites for hydroxylation is 1. The van der Waals surface area contributed by atoms with Gasteiger partial charge in [0.1, 0.15) is 0 Å². The van der Waals surface area contributed by atoms with Gasteiger partial charge in [-0.1, -0.05) is 0 Å². The first-order valence-electron chi connectivity index (χ1n) is 6.46. The van der Waals surface area contributed by atoms with Crippen LogP contribution in [-0.2, 0) is 11.3 Å². The van der Waals surface area contributed by atoms with Crippen LogP contribution < -0.4 is 0 Å². The van der Waals surface area contributed by atoms with Gasteiger partial charge in [-0.3, -0.25) is 4.79 Å². The van der Waals surface area contributed by atoms with Gasteiger partial charge >= 0.3 is 12.0 Å². The molecule has 0 aromatic carbocycles. The molecule has 20 heavy (non-hydrogen) atoms. The van der Waals surface area contributed by atoms with Crippen LogP contribution in [0.15, 0.2) is 5.38 Å². The molecule has 1 aliphatic heterocycles. The number of urea groups is 1. The first-order chi connectivity index (χ1) is 9.32. The summed E-state index contributed by atoms with van der Waals surface area (Å²) in [4.78, 5) is 31.0. The van der Waals surface area contributed by atoms with Crippen LogP contribution in [-0.4, -0.2) is 52.0 Å². The third-order valence-electron chi connectivity index (χ3n) is 3.65. The molecule has 1 aromatic heterocycles. The van der Waals surface area contributed by atoms with E-state index >= 15 is 0 Å². The summed E-state index contributed by atoms with van der Waals surface area (Å²) in [6.45, 7) is 4.81. The summed E-state index contributed by atoms with van der Waals surface area (Å²) in [5.41, 5.74) is 0.0387. The second-order valence-electron chi connectivity index (χ2n) is 5.53. The smallest absolute Gasteiger partial charge is 0.320 e. The lowest BCUT2D eigenvalue weighted by Crippen LogP contribution is -2.41. The Morgan fingerprint density at radius 3 is 2.80 bits per heavy atom. The summed E-state index contributed by atoms with van der Waals surface area (Å²) in [6.07, 6.45) is 0.498. The average Bonchev–Trinajstić information content (AvgIpc) is 2.96.